The first-order valence-corrected chi connectivity index (χ1v) is 15.7. The Balaban J connectivity index is 3.03. The summed E-state index contributed by atoms with van der Waals surface area (Å²) in [6.07, 6.45) is 34.2. The third-order valence-corrected chi connectivity index (χ3v) is 7.15. The van der Waals surface area contributed by atoms with E-state index in [1.165, 1.54) is 148 Å². The molecule has 0 aliphatic heterocycles. The van der Waals surface area contributed by atoms with Gasteiger partial charge in [0.25, 0.3) is 0 Å². The van der Waals surface area contributed by atoms with Gasteiger partial charge in [0.1, 0.15) is 4.32 Å². The van der Waals surface area contributed by atoms with Gasteiger partial charge in [0, 0.05) is 13.0 Å². The predicted octanol–water partition coefficient (Wildman–Crippen LogP) is 10.0. The van der Waals surface area contributed by atoms with Gasteiger partial charge in [-0.1, -0.05) is 160 Å². The van der Waals surface area contributed by atoms with Crippen molar-refractivity contribution in [1.29, 1.82) is 0 Å². The van der Waals surface area contributed by atoms with Crippen molar-refractivity contribution in [2.24, 2.45) is 0 Å². The molecule has 0 fully saturated rings. The standard InChI is InChI=1S/C29H57NO2S2/c31-28(32)26-24-22-20-18-16-14-12-10-8-6-4-2-1-3-5-7-9-11-13-15-17-19-21-23-25-27-30-29(33)34/h1-27H2,(H,31,32)(H2,30,33,34). The maximum absolute atomic E-state index is 10.4. The number of carbonyl (C=O) groups is 1. The topological polar surface area (TPSA) is 49.3 Å². The number of carboxylic acids is 1. The van der Waals surface area contributed by atoms with E-state index in [0.29, 0.717) is 10.7 Å². The smallest absolute Gasteiger partial charge is 0.303 e. The lowest BCUT2D eigenvalue weighted by atomic mass is 10.0. The minimum absolute atomic E-state index is 0.341. The van der Waals surface area contributed by atoms with Crippen molar-refractivity contribution in [1.82, 2.24) is 5.32 Å². The summed E-state index contributed by atoms with van der Waals surface area (Å²) in [5.74, 6) is -0.653. The fourth-order valence-electron chi connectivity index (χ4n) is 4.66. The Morgan fingerprint density at radius 2 is 0.735 bits per heavy atom. The van der Waals surface area contributed by atoms with Crippen LogP contribution in [0.2, 0.25) is 0 Å². The molecule has 3 nitrogen and oxygen atoms in total. The van der Waals surface area contributed by atoms with Crippen LogP contribution in [0.15, 0.2) is 0 Å². The van der Waals surface area contributed by atoms with Crippen molar-refractivity contribution < 1.29 is 9.90 Å². The van der Waals surface area contributed by atoms with Crippen LogP contribution in [0.25, 0.3) is 0 Å². The van der Waals surface area contributed by atoms with Crippen molar-refractivity contribution >= 4 is 35.1 Å². The summed E-state index contributed by atoms with van der Waals surface area (Å²) in [6.45, 7) is 0.976. The highest BCUT2D eigenvalue weighted by Gasteiger charge is 1.98. The summed E-state index contributed by atoms with van der Waals surface area (Å²) >= 11 is 8.96. The summed E-state index contributed by atoms with van der Waals surface area (Å²) in [5, 5.41) is 11.7. The largest absolute Gasteiger partial charge is 0.481 e. The minimum atomic E-state index is -0.653. The van der Waals surface area contributed by atoms with Crippen molar-refractivity contribution in [3.8, 4) is 0 Å². The molecule has 0 heterocycles. The Bertz CT molecular complexity index is 406. The van der Waals surface area contributed by atoms with Crippen LogP contribution < -0.4 is 5.32 Å². The van der Waals surface area contributed by atoms with E-state index in [0.717, 1.165) is 19.4 Å². The molecule has 0 rings (SSSR count). The quantitative estimate of drug-likeness (QED) is 0.0551. The van der Waals surface area contributed by atoms with Gasteiger partial charge in [-0.05, 0) is 12.8 Å². The van der Waals surface area contributed by atoms with Crippen LogP contribution in [-0.4, -0.2) is 21.9 Å². The van der Waals surface area contributed by atoms with E-state index in [1.54, 1.807) is 0 Å². The molecule has 0 bridgehead atoms. The Hall–Kier alpha value is -0.290. The predicted molar refractivity (Wildman–Crippen MR) is 157 cm³/mol. The van der Waals surface area contributed by atoms with Crippen LogP contribution in [0, 0.1) is 0 Å². The highest BCUT2D eigenvalue weighted by atomic mass is 32.1. The van der Waals surface area contributed by atoms with Crippen LogP contribution in [0.4, 0.5) is 0 Å². The van der Waals surface area contributed by atoms with Gasteiger partial charge >= 0.3 is 5.97 Å². The third kappa shape index (κ3) is 31.7. The number of carboxylic acid groups (broad SMARTS) is 1. The van der Waals surface area contributed by atoms with Gasteiger partial charge < -0.3 is 10.4 Å². The van der Waals surface area contributed by atoms with Gasteiger partial charge in [-0.25, -0.2) is 0 Å². The Morgan fingerprint density at radius 3 is 0.971 bits per heavy atom. The first-order valence-electron chi connectivity index (χ1n) is 14.8. The monoisotopic (exact) mass is 515 g/mol. The molecule has 0 saturated carbocycles. The molecular weight excluding hydrogens is 458 g/mol. The second-order valence-electron chi connectivity index (χ2n) is 10.2. The molecule has 0 aromatic heterocycles. The van der Waals surface area contributed by atoms with E-state index in [4.69, 9.17) is 17.3 Å². The molecule has 5 heteroatoms. The molecule has 0 aliphatic rings. The Morgan fingerprint density at radius 1 is 0.500 bits per heavy atom. The highest BCUT2D eigenvalue weighted by Crippen LogP contribution is 2.16. The summed E-state index contributed by atoms with van der Waals surface area (Å²) in [5.41, 5.74) is 0. The van der Waals surface area contributed by atoms with Crippen LogP contribution in [0.3, 0.4) is 0 Å². The molecule has 0 saturated heterocycles. The van der Waals surface area contributed by atoms with E-state index in [-0.39, 0.29) is 0 Å². The van der Waals surface area contributed by atoms with Gasteiger partial charge in [0.15, 0.2) is 0 Å². The van der Waals surface area contributed by atoms with Crippen molar-refractivity contribution in [3.63, 3.8) is 0 Å². The fourth-order valence-corrected chi connectivity index (χ4v) is 4.88. The normalized spacial score (nSPS) is 11.1. The zero-order valence-electron chi connectivity index (χ0n) is 22.3. The molecule has 202 valence electrons. The number of thiocarbonyl (C=S) groups is 1. The number of nitrogens with one attached hydrogen (secondary N) is 1. The zero-order chi connectivity index (χ0) is 25.0. The zero-order valence-corrected chi connectivity index (χ0v) is 24.0. The number of aliphatic carboxylic acids is 1. The van der Waals surface area contributed by atoms with Crippen molar-refractivity contribution in [2.75, 3.05) is 6.54 Å². The lowest BCUT2D eigenvalue weighted by Gasteiger charge is -2.05. The fraction of sp³-hybridized carbons (Fsp3) is 0.931. The van der Waals surface area contributed by atoms with E-state index >= 15 is 0 Å². The molecule has 0 amide bonds. The third-order valence-electron chi connectivity index (χ3n) is 6.84. The number of hydrogen-bond acceptors (Lipinski definition) is 2. The lowest BCUT2D eigenvalue weighted by molar-refractivity contribution is -0.137. The number of thiol groups is 1. The molecule has 0 atom stereocenters. The molecule has 0 aromatic carbocycles. The SMILES string of the molecule is O=C(O)CCCCCCCCCCCCCCCCCCCCCCCCCCCNC(=S)S. The summed E-state index contributed by atoms with van der Waals surface area (Å²) < 4.78 is 0.620. The van der Waals surface area contributed by atoms with Crippen molar-refractivity contribution in [2.45, 2.75) is 167 Å². The van der Waals surface area contributed by atoms with Crippen LogP contribution in [0.1, 0.15) is 167 Å². The Labute approximate surface area is 223 Å². The number of rotatable bonds is 28. The molecule has 0 unspecified atom stereocenters. The van der Waals surface area contributed by atoms with Gasteiger partial charge in [-0.2, -0.15) is 0 Å². The molecule has 34 heavy (non-hydrogen) atoms. The molecular formula is C29H57NO2S2. The molecule has 0 aromatic rings. The van der Waals surface area contributed by atoms with E-state index in [2.05, 4.69) is 17.9 Å². The van der Waals surface area contributed by atoms with E-state index < -0.39 is 5.97 Å². The second kappa shape index (κ2) is 28.9. The van der Waals surface area contributed by atoms with Crippen LogP contribution in [0.5, 0.6) is 0 Å². The lowest BCUT2D eigenvalue weighted by Crippen LogP contribution is -2.17. The summed E-state index contributed by atoms with van der Waals surface area (Å²) in [6, 6.07) is 0. The van der Waals surface area contributed by atoms with Crippen molar-refractivity contribution in [3.05, 3.63) is 0 Å². The first-order chi connectivity index (χ1) is 16.6. The summed E-state index contributed by atoms with van der Waals surface area (Å²) in [4.78, 5) is 10.4. The summed E-state index contributed by atoms with van der Waals surface area (Å²) in [7, 11) is 0. The van der Waals surface area contributed by atoms with Gasteiger partial charge in [0.05, 0.1) is 0 Å². The molecule has 0 radical (unpaired) electrons. The average molecular weight is 516 g/mol. The Kier molecular flexibility index (Phi) is 28.7. The maximum Gasteiger partial charge on any atom is 0.303 e. The van der Waals surface area contributed by atoms with Crippen LogP contribution >= 0.6 is 24.8 Å². The molecule has 0 spiro atoms. The maximum atomic E-state index is 10.4. The van der Waals surface area contributed by atoms with Gasteiger partial charge in [0.2, 0.25) is 0 Å². The van der Waals surface area contributed by atoms with Crippen LogP contribution in [-0.2, 0) is 4.79 Å². The highest BCUT2D eigenvalue weighted by molar-refractivity contribution is 8.11. The minimum Gasteiger partial charge on any atom is -0.481 e. The van der Waals surface area contributed by atoms with E-state index in [9.17, 15) is 4.79 Å². The molecule has 2 N–H and O–H groups in total. The second-order valence-corrected chi connectivity index (χ2v) is 11.4. The number of hydrogen-bond donors (Lipinski definition) is 3. The number of unbranched alkanes of at least 4 members (excludes halogenated alkanes) is 24. The van der Waals surface area contributed by atoms with E-state index in [1.807, 2.05) is 0 Å². The first kappa shape index (κ1) is 33.7. The molecule has 0 aliphatic carbocycles. The average Bonchev–Trinajstić information content (AvgIpc) is 2.80. The van der Waals surface area contributed by atoms with Gasteiger partial charge in [-0.15, -0.1) is 12.6 Å². The van der Waals surface area contributed by atoms with Gasteiger partial charge in [-0.3, -0.25) is 4.79 Å².